The average molecular weight is 298 g/mol. The third kappa shape index (κ3) is 4.33. The van der Waals surface area contributed by atoms with E-state index in [1.807, 2.05) is 4.90 Å². The number of carboxylic acids is 1. The first-order valence-corrected chi connectivity index (χ1v) is 7.90. The number of urea groups is 1. The van der Waals surface area contributed by atoms with E-state index in [2.05, 4.69) is 5.32 Å². The van der Waals surface area contributed by atoms with Crippen LogP contribution >= 0.6 is 0 Å². The fraction of sp³-hybridized carbons (Fsp3) is 0.867. The van der Waals surface area contributed by atoms with E-state index in [-0.39, 0.29) is 24.0 Å². The predicted molar refractivity (Wildman–Crippen MR) is 78.1 cm³/mol. The number of methoxy groups -OCH3 is 1. The number of aliphatic carboxylic acids is 1. The van der Waals surface area contributed by atoms with Gasteiger partial charge in [-0.05, 0) is 44.9 Å². The molecule has 2 rings (SSSR count). The zero-order chi connectivity index (χ0) is 15.2. The SMILES string of the molecule is COCC1CCCCN1C(=O)NC1CCC(C(=O)O)CC1. The Morgan fingerprint density at radius 3 is 2.52 bits per heavy atom. The van der Waals surface area contributed by atoms with E-state index in [0.29, 0.717) is 19.4 Å². The molecule has 21 heavy (non-hydrogen) atoms. The minimum absolute atomic E-state index is 0.0180. The summed E-state index contributed by atoms with van der Waals surface area (Å²) in [5, 5.41) is 12.1. The molecule has 120 valence electrons. The van der Waals surface area contributed by atoms with Crippen molar-refractivity contribution in [3.05, 3.63) is 0 Å². The summed E-state index contributed by atoms with van der Waals surface area (Å²) in [5.41, 5.74) is 0. The van der Waals surface area contributed by atoms with Crippen molar-refractivity contribution in [3.63, 3.8) is 0 Å². The fourth-order valence-electron chi connectivity index (χ4n) is 3.38. The second-order valence-corrected chi connectivity index (χ2v) is 6.13. The number of carbonyl (C=O) groups excluding carboxylic acids is 1. The molecule has 0 aromatic heterocycles. The highest BCUT2D eigenvalue weighted by Gasteiger charge is 2.30. The third-order valence-electron chi connectivity index (χ3n) is 4.65. The van der Waals surface area contributed by atoms with Crippen LogP contribution in [0.15, 0.2) is 0 Å². The summed E-state index contributed by atoms with van der Waals surface area (Å²) in [4.78, 5) is 25.2. The molecule has 0 aromatic carbocycles. The number of hydrogen-bond acceptors (Lipinski definition) is 3. The van der Waals surface area contributed by atoms with Crippen molar-refractivity contribution in [2.45, 2.75) is 57.0 Å². The largest absolute Gasteiger partial charge is 0.481 e. The van der Waals surface area contributed by atoms with E-state index >= 15 is 0 Å². The number of carbonyl (C=O) groups is 2. The lowest BCUT2D eigenvalue weighted by atomic mass is 9.86. The van der Waals surface area contributed by atoms with Gasteiger partial charge in [0.05, 0.1) is 18.6 Å². The monoisotopic (exact) mass is 298 g/mol. The second-order valence-electron chi connectivity index (χ2n) is 6.13. The van der Waals surface area contributed by atoms with Gasteiger partial charge in [-0.25, -0.2) is 4.79 Å². The molecule has 0 bridgehead atoms. The van der Waals surface area contributed by atoms with Crippen LogP contribution in [0.2, 0.25) is 0 Å². The van der Waals surface area contributed by atoms with Crippen LogP contribution in [-0.2, 0) is 9.53 Å². The molecule has 1 saturated heterocycles. The molecule has 6 heteroatoms. The molecule has 0 spiro atoms. The minimum Gasteiger partial charge on any atom is -0.481 e. The predicted octanol–water partition coefficient (Wildman–Crippen LogP) is 1.84. The summed E-state index contributed by atoms with van der Waals surface area (Å²) in [6, 6.07) is 0.257. The van der Waals surface area contributed by atoms with Crippen LogP contribution < -0.4 is 5.32 Å². The molecular formula is C15H26N2O4. The van der Waals surface area contributed by atoms with Crippen LogP contribution in [0.3, 0.4) is 0 Å². The van der Waals surface area contributed by atoms with Crippen molar-refractivity contribution in [1.82, 2.24) is 10.2 Å². The molecule has 1 heterocycles. The minimum atomic E-state index is -0.712. The molecule has 1 saturated carbocycles. The van der Waals surface area contributed by atoms with Gasteiger partial charge in [-0.3, -0.25) is 4.79 Å². The second kappa shape index (κ2) is 7.64. The maximum Gasteiger partial charge on any atom is 0.317 e. The van der Waals surface area contributed by atoms with Gasteiger partial charge in [0.15, 0.2) is 0 Å². The number of hydrogen-bond donors (Lipinski definition) is 2. The Kier molecular flexibility index (Phi) is 5.85. The maximum absolute atomic E-state index is 12.4. The molecule has 2 fully saturated rings. The smallest absolute Gasteiger partial charge is 0.317 e. The van der Waals surface area contributed by atoms with E-state index in [1.165, 1.54) is 0 Å². The molecule has 1 unspecified atom stereocenters. The van der Waals surface area contributed by atoms with Crippen LogP contribution in [0.1, 0.15) is 44.9 Å². The van der Waals surface area contributed by atoms with Crippen LogP contribution in [0.4, 0.5) is 4.79 Å². The standard InChI is InChI=1S/C15H26N2O4/c1-21-10-13-4-2-3-9-17(13)15(20)16-12-7-5-11(6-8-12)14(18)19/h11-13H,2-10H2,1H3,(H,16,20)(H,18,19). The molecule has 0 radical (unpaired) electrons. The van der Waals surface area contributed by atoms with E-state index in [9.17, 15) is 9.59 Å². The van der Waals surface area contributed by atoms with Crippen LogP contribution in [0.5, 0.6) is 0 Å². The van der Waals surface area contributed by atoms with Gasteiger partial charge in [-0.15, -0.1) is 0 Å². The van der Waals surface area contributed by atoms with Crippen molar-refractivity contribution in [3.8, 4) is 0 Å². The zero-order valence-corrected chi connectivity index (χ0v) is 12.7. The van der Waals surface area contributed by atoms with Crippen molar-refractivity contribution < 1.29 is 19.4 Å². The van der Waals surface area contributed by atoms with Crippen LogP contribution in [0, 0.1) is 5.92 Å². The summed E-state index contributed by atoms with van der Waals surface area (Å²) in [7, 11) is 1.66. The molecule has 1 aliphatic carbocycles. The quantitative estimate of drug-likeness (QED) is 0.830. The summed E-state index contributed by atoms with van der Waals surface area (Å²) < 4.78 is 5.21. The topological polar surface area (TPSA) is 78.9 Å². The van der Waals surface area contributed by atoms with Gasteiger partial charge in [-0.1, -0.05) is 0 Å². The van der Waals surface area contributed by atoms with Crippen molar-refractivity contribution in [2.75, 3.05) is 20.3 Å². The van der Waals surface area contributed by atoms with Crippen molar-refractivity contribution in [1.29, 1.82) is 0 Å². The Bertz CT molecular complexity index is 365. The zero-order valence-electron chi connectivity index (χ0n) is 12.7. The first-order valence-electron chi connectivity index (χ1n) is 7.90. The van der Waals surface area contributed by atoms with E-state index < -0.39 is 5.97 Å². The van der Waals surface area contributed by atoms with Crippen LogP contribution in [-0.4, -0.2) is 54.4 Å². The van der Waals surface area contributed by atoms with E-state index in [1.54, 1.807) is 7.11 Å². The van der Waals surface area contributed by atoms with Gasteiger partial charge in [-0.2, -0.15) is 0 Å². The van der Waals surface area contributed by atoms with Crippen LogP contribution in [0.25, 0.3) is 0 Å². The molecule has 2 N–H and O–H groups in total. The first kappa shape index (κ1) is 16.1. The summed E-state index contributed by atoms with van der Waals surface area (Å²) >= 11 is 0. The highest BCUT2D eigenvalue weighted by Crippen LogP contribution is 2.25. The normalized spacial score (nSPS) is 30.0. The molecule has 1 atom stereocenters. The lowest BCUT2D eigenvalue weighted by molar-refractivity contribution is -0.142. The Morgan fingerprint density at radius 1 is 1.19 bits per heavy atom. The lowest BCUT2D eigenvalue weighted by Gasteiger charge is -2.37. The first-order chi connectivity index (χ1) is 10.1. The number of amides is 2. The number of ether oxygens (including phenoxy) is 1. The molecule has 2 amide bonds. The Morgan fingerprint density at radius 2 is 1.90 bits per heavy atom. The van der Waals surface area contributed by atoms with E-state index in [0.717, 1.165) is 38.6 Å². The molecule has 0 aromatic rings. The van der Waals surface area contributed by atoms with Gasteiger partial charge in [0.25, 0.3) is 0 Å². The molecule has 2 aliphatic rings. The summed E-state index contributed by atoms with van der Waals surface area (Å²) in [5.74, 6) is -0.953. The highest BCUT2D eigenvalue weighted by atomic mass is 16.5. The number of rotatable bonds is 4. The van der Waals surface area contributed by atoms with Gasteiger partial charge in [0.2, 0.25) is 0 Å². The number of carboxylic acid groups (broad SMARTS) is 1. The third-order valence-corrected chi connectivity index (χ3v) is 4.65. The van der Waals surface area contributed by atoms with Gasteiger partial charge >= 0.3 is 12.0 Å². The highest BCUT2D eigenvalue weighted by molar-refractivity contribution is 5.75. The van der Waals surface area contributed by atoms with Crippen molar-refractivity contribution in [2.24, 2.45) is 5.92 Å². The lowest BCUT2D eigenvalue weighted by Crippen LogP contribution is -2.53. The average Bonchev–Trinajstić information content (AvgIpc) is 2.48. The summed E-state index contributed by atoms with van der Waals surface area (Å²) in [6.45, 7) is 1.36. The Hall–Kier alpha value is -1.30. The maximum atomic E-state index is 12.4. The molecule has 6 nitrogen and oxygen atoms in total. The molecule has 1 aliphatic heterocycles. The molecular weight excluding hydrogens is 272 g/mol. The van der Waals surface area contributed by atoms with E-state index in [4.69, 9.17) is 9.84 Å². The van der Waals surface area contributed by atoms with Gasteiger partial charge in [0, 0.05) is 19.7 Å². The van der Waals surface area contributed by atoms with Crippen molar-refractivity contribution >= 4 is 12.0 Å². The van der Waals surface area contributed by atoms with Gasteiger partial charge < -0.3 is 20.1 Å². The number of nitrogens with one attached hydrogen (secondary N) is 1. The Balaban J connectivity index is 1.82. The Labute approximate surface area is 125 Å². The summed E-state index contributed by atoms with van der Waals surface area (Å²) in [6.07, 6.45) is 5.99. The number of nitrogens with zero attached hydrogens (tertiary/aromatic N) is 1. The fourth-order valence-corrected chi connectivity index (χ4v) is 3.38. The van der Waals surface area contributed by atoms with Gasteiger partial charge in [0.1, 0.15) is 0 Å². The number of likely N-dealkylation sites (tertiary alicyclic amines) is 1. The number of piperidine rings is 1.